The number of rotatable bonds is 7. The summed E-state index contributed by atoms with van der Waals surface area (Å²) in [5.74, 6) is 1.64. The lowest BCUT2D eigenvalue weighted by Gasteiger charge is -2.07. The lowest BCUT2D eigenvalue weighted by Crippen LogP contribution is -2.30. The Morgan fingerprint density at radius 2 is 1.95 bits per heavy atom. The van der Waals surface area contributed by atoms with Crippen LogP contribution >= 0.6 is 0 Å². The number of hydrogen-bond donors (Lipinski definition) is 1. The van der Waals surface area contributed by atoms with Crippen molar-refractivity contribution >= 4 is 16.7 Å². The predicted octanol–water partition coefficient (Wildman–Crippen LogP) is 2.58. The molecule has 0 radical (unpaired) electrons. The van der Waals surface area contributed by atoms with E-state index in [1.54, 1.807) is 0 Å². The number of nitrogens with one attached hydrogen (secondary N) is 1. The molecule has 20 heavy (non-hydrogen) atoms. The zero-order valence-corrected chi connectivity index (χ0v) is 13.0. The summed E-state index contributed by atoms with van der Waals surface area (Å²) in [6.07, 6.45) is 2.43. The molecule has 1 amide bonds. The minimum Gasteiger partial charge on any atom is -0.355 e. The zero-order chi connectivity index (χ0) is 14.5. The van der Waals surface area contributed by atoms with Crippen LogP contribution in [0, 0.1) is 5.92 Å². The summed E-state index contributed by atoms with van der Waals surface area (Å²) in [7, 11) is -1.12. The average Bonchev–Trinajstić information content (AvgIpc) is 3.21. The van der Waals surface area contributed by atoms with E-state index in [1.165, 1.54) is 18.4 Å². The van der Waals surface area contributed by atoms with Gasteiger partial charge in [-0.15, -0.1) is 0 Å². The van der Waals surface area contributed by atoms with Crippen LogP contribution in [0.4, 0.5) is 0 Å². The van der Waals surface area contributed by atoms with Crippen molar-refractivity contribution in [3.63, 3.8) is 0 Å². The highest BCUT2D eigenvalue weighted by Gasteiger charge is 2.21. The summed E-state index contributed by atoms with van der Waals surface area (Å²) >= 11 is 0. The molecule has 0 aromatic heterocycles. The monoisotopic (exact) mass is 293 g/mol. The highest BCUT2D eigenvalue weighted by Crippen LogP contribution is 2.27. The molecule has 3 nitrogen and oxygen atoms in total. The molecule has 1 aliphatic rings. The van der Waals surface area contributed by atoms with E-state index in [4.69, 9.17) is 0 Å². The average molecular weight is 293 g/mol. The Morgan fingerprint density at radius 1 is 1.30 bits per heavy atom. The second-order valence-corrected chi connectivity index (χ2v) is 7.33. The minimum atomic E-state index is -1.12. The van der Waals surface area contributed by atoms with Crippen molar-refractivity contribution in [1.29, 1.82) is 0 Å². The summed E-state index contributed by atoms with van der Waals surface area (Å²) in [4.78, 5) is 11.6. The molecule has 1 N–H and O–H groups in total. The summed E-state index contributed by atoms with van der Waals surface area (Å²) in [5, 5.41) is 2.85. The first-order valence-corrected chi connectivity index (χ1v) is 8.74. The molecular formula is C16H23NO2S. The van der Waals surface area contributed by atoms with Gasteiger partial charge in [0.25, 0.3) is 0 Å². The number of hydrogen-bond acceptors (Lipinski definition) is 2. The summed E-state index contributed by atoms with van der Waals surface area (Å²) < 4.78 is 12.0. The van der Waals surface area contributed by atoms with Crippen LogP contribution < -0.4 is 5.32 Å². The molecule has 1 aliphatic carbocycles. The van der Waals surface area contributed by atoms with E-state index in [2.05, 4.69) is 31.3 Å². The Kier molecular flexibility index (Phi) is 5.35. The van der Waals surface area contributed by atoms with Crippen LogP contribution in [-0.2, 0) is 21.3 Å². The van der Waals surface area contributed by atoms with Gasteiger partial charge in [0.1, 0.15) is 5.75 Å². The van der Waals surface area contributed by atoms with Gasteiger partial charge in [0.15, 0.2) is 0 Å². The highest BCUT2D eigenvalue weighted by molar-refractivity contribution is 7.84. The summed E-state index contributed by atoms with van der Waals surface area (Å²) in [6.45, 7) is 5.05. The lowest BCUT2D eigenvalue weighted by molar-refractivity contribution is -0.118. The number of carbonyl (C=O) groups excluding carboxylic acids is 1. The SMILES string of the molecule is CC(C)c1ccc(C[S@@](=O)CC(=O)NCC2CC2)cc1. The molecule has 0 aliphatic heterocycles. The van der Waals surface area contributed by atoms with Gasteiger partial charge in [0, 0.05) is 23.1 Å². The maximum atomic E-state index is 12.0. The number of carbonyl (C=O) groups is 1. The van der Waals surface area contributed by atoms with Crippen LogP contribution in [0.2, 0.25) is 0 Å². The van der Waals surface area contributed by atoms with Crippen LogP contribution in [0.5, 0.6) is 0 Å². The first kappa shape index (κ1) is 15.2. The standard InChI is InChI=1S/C16H23NO2S/c1-12(2)15-7-5-14(6-8-15)10-20(19)11-16(18)17-9-13-3-4-13/h5-8,12-13H,3-4,9-11H2,1-2H3,(H,17,18)/t20-/m1/s1. The minimum absolute atomic E-state index is 0.0889. The van der Waals surface area contributed by atoms with Crippen LogP contribution in [0.3, 0.4) is 0 Å². The number of benzene rings is 1. The van der Waals surface area contributed by atoms with Gasteiger partial charge in [-0.2, -0.15) is 0 Å². The molecule has 0 unspecified atom stereocenters. The van der Waals surface area contributed by atoms with Crippen molar-refractivity contribution in [2.75, 3.05) is 12.3 Å². The first-order chi connectivity index (χ1) is 9.54. The van der Waals surface area contributed by atoms with E-state index in [-0.39, 0.29) is 11.7 Å². The molecule has 4 heteroatoms. The fraction of sp³-hybridized carbons (Fsp3) is 0.562. The molecule has 0 heterocycles. The van der Waals surface area contributed by atoms with Gasteiger partial charge >= 0.3 is 0 Å². The van der Waals surface area contributed by atoms with Crippen LogP contribution in [-0.4, -0.2) is 22.4 Å². The zero-order valence-electron chi connectivity index (χ0n) is 12.2. The fourth-order valence-corrected chi connectivity index (χ4v) is 3.07. The Morgan fingerprint density at radius 3 is 2.50 bits per heavy atom. The predicted molar refractivity (Wildman–Crippen MR) is 83.0 cm³/mol. The second kappa shape index (κ2) is 7.02. The van der Waals surface area contributed by atoms with Gasteiger partial charge in [-0.3, -0.25) is 9.00 Å². The first-order valence-electron chi connectivity index (χ1n) is 7.25. The largest absolute Gasteiger partial charge is 0.355 e. The fourth-order valence-electron chi connectivity index (χ4n) is 2.01. The van der Waals surface area contributed by atoms with E-state index in [9.17, 15) is 9.00 Å². The topological polar surface area (TPSA) is 46.2 Å². The molecular weight excluding hydrogens is 270 g/mol. The van der Waals surface area contributed by atoms with E-state index >= 15 is 0 Å². The van der Waals surface area contributed by atoms with Crippen molar-refractivity contribution in [1.82, 2.24) is 5.32 Å². The van der Waals surface area contributed by atoms with Gasteiger partial charge in [-0.1, -0.05) is 38.1 Å². The van der Waals surface area contributed by atoms with Crippen LogP contribution in [0.25, 0.3) is 0 Å². The van der Waals surface area contributed by atoms with Gasteiger partial charge in [0.05, 0.1) is 0 Å². The maximum absolute atomic E-state index is 12.0. The van der Waals surface area contributed by atoms with Gasteiger partial charge in [-0.25, -0.2) is 0 Å². The number of amides is 1. The molecule has 0 spiro atoms. The summed E-state index contributed by atoms with van der Waals surface area (Å²) in [6, 6.07) is 8.17. The molecule has 1 aromatic carbocycles. The van der Waals surface area contributed by atoms with Crippen LogP contribution in [0.1, 0.15) is 43.7 Å². The molecule has 1 atom stereocenters. The van der Waals surface area contributed by atoms with E-state index in [0.29, 0.717) is 17.6 Å². The summed E-state index contributed by atoms with van der Waals surface area (Å²) in [5.41, 5.74) is 2.31. The van der Waals surface area contributed by atoms with Crippen molar-refractivity contribution in [3.8, 4) is 0 Å². The molecule has 110 valence electrons. The van der Waals surface area contributed by atoms with E-state index < -0.39 is 10.8 Å². The van der Waals surface area contributed by atoms with Gasteiger partial charge < -0.3 is 5.32 Å². The van der Waals surface area contributed by atoms with Crippen molar-refractivity contribution in [2.24, 2.45) is 5.92 Å². The van der Waals surface area contributed by atoms with Gasteiger partial charge in [-0.05, 0) is 35.8 Å². The quantitative estimate of drug-likeness (QED) is 0.840. The van der Waals surface area contributed by atoms with Gasteiger partial charge in [0.2, 0.25) is 5.91 Å². The lowest BCUT2D eigenvalue weighted by atomic mass is 10.0. The molecule has 1 fully saturated rings. The molecule has 1 saturated carbocycles. The van der Waals surface area contributed by atoms with Crippen molar-refractivity contribution < 1.29 is 9.00 Å². The third kappa shape index (κ3) is 5.08. The second-order valence-electron chi connectivity index (χ2n) is 5.87. The van der Waals surface area contributed by atoms with E-state index in [0.717, 1.165) is 12.1 Å². The molecule has 2 rings (SSSR count). The third-order valence-corrected chi connectivity index (χ3v) is 4.79. The molecule has 0 bridgehead atoms. The Hall–Kier alpha value is -1.16. The normalized spacial score (nSPS) is 16.1. The Labute approximate surface area is 123 Å². The smallest absolute Gasteiger partial charge is 0.232 e. The third-order valence-electron chi connectivity index (χ3n) is 3.55. The van der Waals surface area contributed by atoms with Crippen molar-refractivity contribution in [3.05, 3.63) is 35.4 Å². The Bertz CT molecular complexity index is 478. The Balaban J connectivity index is 1.76. The van der Waals surface area contributed by atoms with E-state index in [1.807, 2.05) is 12.1 Å². The maximum Gasteiger partial charge on any atom is 0.232 e. The van der Waals surface area contributed by atoms with Crippen molar-refractivity contribution in [2.45, 2.75) is 38.4 Å². The van der Waals surface area contributed by atoms with Crippen LogP contribution in [0.15, 0.2) is 24.3 Å². The molecule has 0 saturated heterocycles. The molecule has 1 aromatic rings. The highest BCUT2D eigenvalue weighted by atomic mass is 32.2.